The molecule has 19 heavy (non-hydrogen) atoms. The zero-order valence-corrected chi connectivity index (χ0v) is 12.1. The molecule has 0 aliphatic carbocycles. The van der Waals surface area contributed by atoms with E-state index in [0.29, 0.717) is 11.8 Å². The molecule has 1 aromatic rings. The van der Waals surface area contributed by atoms with Gasteiger partial charge < -0.3 is 15.2 Å². The van der Waals surface area contributed by atoms with Gasteiger partial charge >= 0.3 is 5.97 Å². The van der Waals surface area contributed by atoms with Crippen molar-refractivity contribution in [3.63, 3.8) is 0 Å². The van der Waals surface area contributed by atoms with Crippen LogP contribution in [0.1, 0.15) is 33.3 Å². The van der Waals surface area contributed by atoms with Crippen LogP contribution < -0.4 is 10.1 Å². The summed E-state index contributed by atoms with van der Waals surface area (Å²) >= 11 is 0. The number of benzene rings is 1. The van der Waals surface area contributed by atoms with Crippen molar-refractivity contribution in [2.24, 2.45) is 5.41 Å². The molecule has 0 amide bonds. The number of carboxylic acids is 1. The first-order valence-corrected chi connectivity index (χ1v) is 6.50. The van der Waals surface area contributed by atoms with Crippen molar-refractivity contribution in [3.05, 3.63) is 29.8 Å². The van der Waals surface area contributed by atoms with E-state index in [9.17, 15) is 4.79 Å². The molecule has 0 unspecified atom stereocenters. The number of rotatable bonds is 7. The molecule has 0 saturated heterocycles. The summed E-state index contributed by atoms with van der Waals surface area (Å²) in [7, 11) is 0. The second kappa shape index (κ2) is 6.57. The van der Waals surface area contributed by atoms with Gasteiger partial charge in [-0.2, -0.15) is 0 Å². The van der Waals surface area contributed by atoms with Crippen LogP contribution in [0.2, 0.25) is 0 Å². The molecule has 4 nitrogen and oxygen atoms in total. The highest BCUT2D eigenvalue weighted by atomic mass is 16.5. The van der Waals surface area contributed by atoms with Crippen molar-refractivity contribution in [2.75, 3.05) is 6.61 Å². The Balaban J connectivity index is 2.60. The van der Waals surface area contributed by atoms with E-state index in [2.05, 4.69) is 19.2 Å². The van der Waals surface area contributed by atoms with Gasteiger partial charge in [0, 0.05) is 12.6 Å². The van der Waals surface area contributed by atoms with Gasteiger partial charge in [0.2, 0.25) is 0 Å². The molecule has 0 radical (unpaired) electrons. The van der Waals surface area contributed by atoms with Crippen molar-refractivity contribution in [1.82, 2.24) is 5.32 Å². The topological polar surface area (TPSA) is 58.6 Å². The molecule has 0 aromatic heterocycles. The van der Waals surface area contributed by atoms with Crippen LogP contribution in [0, 0.1) is 5.41 Å². The lowest BCUT2D eigenvalue weighted by Gasteiger charge is -2.19. The molecule has 0 fully saturated rings. The Labute approximate surface area is 114 Å². The molecule has 0 aliphatic rings. The van der Waals surface area contributed by atoms with E-state index in [1.165, 1.54) is 0 Å². The van der Waals surface area contributed by atoms with E-state index in [4.69, 9.17) is 9.84 Å². The summed E-state index contributed by atoms with van der Waals surface area (Å²) in [5.74, 6) is -0.150. The summed E-state index contributed by atoms with van der Waals surface area (Å²) in [5.41, 5.74) is 0.242. The Kier molecular flexibility index (Phi) is 5.36. The molecule has 0 atom stereocenters. The predicted molar refractivity (Wildman–Crippen MR) is 75.3 cm³/mol. The predicted octanol–water partition coefficient (Wildman–Crippen LogP) is 2.67. The maximum atomic E-state index is 11.0. The average molecular weight is 265 g/mol. The highest BCUT2D eigenvalue weighted by Crippen LogP contribution is 2.19. The molecule has 0 bridgehead atoms. The Morgan fingerprint density at radius 3 is 2.68 bits per heavy atom. The molecule has 0 spiro atoms. The number of nitrogens with one attached hydrogen (secondary N) is 1. The number of aliphatic carboxylic acids is 1. The molecule has 1 aromatic carbocycles. The molecular formula is C15H23NO3. The average Bonchev–Trinajstić information content (AvgIpc) is 2.34. The number of hydrogen-bond donors (Lipinski definition) is 2. The van der Waals surface area contributed by atoms with Crippen LogP contribution in [0.3, 0.4) is 0 Å². The van der Waals surface area contributed by atoms with Gasteiger partial charge in [-0.05, 0) is 31.5 Å². The van der Waals surface area contributed by atoms with Gasteiger partial charge in [-0.25, -0.2) is 0 Å². The van der Waals surface area contributed by atoms with E-state index in [1.807, 2.05) is 24.3 Å². The fraction of sp³-hybridized carbons (Fsp3) is 0.533. The van der Waals surface area contributed by atoms with Crippen LogP contribution >= 0.6 is 0 Å². The second-order valence-corrected chi connectivity index (χ2v) is 5.66. The third kappa shape index (κ3) is 5.30. The highest BCUT2D eigenvalue weighted by molar-refractivity contribution is 5.73. The van der Waals surface area contributed by atoms with E-state index in [-0.39, 0.29) is 6.61 Å². The normalized spacial score (nSPS) is 11.6. The maximum Gasteiger partial charge on any atom is 0.312 e. The lowest BCUT2D eigenvalue weighted by Crippen LogP contribution is -2.30. The minimum absolute atomic E-state index is 0.156. The van der Waals surface area contributed by atoms with Gasteiger partial charge in [0.25, 0.3) is 0 Å². The van der Waals surface area contributed by atoms with Crippen LogP contribution in [-0.2, 0) is 11.3 Å². The number of hydrogen-bond acceptors (Lipinski definition) is 3. The summed E-state index contributed by atoms with van der Waals surface area (Å²) in [4.78, 5) is 11.0. The molecule has 4 heteroatoms. The maximum absolute atomic E-state index is 11.0. The van der Waals surface area contributed by atoms with Gasteiger partial charge in [-0.1, -0.05) is 26.0 Å². The first-order chi connectivity index (χ1) is 8.81. The van der Waals surface area contributed by atoms with E-state index < -0.39 is 11.4 Å². The molecular weight excluding hydrogens is 242 g/mol. The summed E-state index contributed by atoms with van der Waals surface area (Å²) < 4.78 is 5.57. The Bertz CT molecular complexity index is 427. The fourth-order valence-electron chi connectivity index (χ4n) is 1.39. The monoisotopic (exact) mass is 265 g/mol. The van der Waals surface area contributed by atoms with Crippen LogP contribution in [0.25, 0.3) is 0 Å². The van der Waals surface area contributed by atoms with Gasteiger partial charge in [-0.3, -0.25) is 4.79 Å². The molecule has 0 heterocycles. The number of carbonyl (C=O) groups is 1. The van der Waals surface area contributed by atoms with Gasteiger partial charge in [-0.15, -0.1) is 0 Å². The van der Waals surface area contributed by atoms with Gasteiger partial charge in [0.15, 0.2) is 0 Å². The van der Waals surface area contributed by atoms with Gasteiger partial charge in [0.1, 0.15) is 12.4 Å². The van der Waals surface area contributed by atoms with Crippen molar-refractivity contribution in [3.8, 4) is 5.75 Å². The fourth-order valence-corrected chi connectivity index (χ4v) is 1.39. The van der Waals surface area contributed by atoms with Gasteiger partial charge in [0.05, 0.1) is 5.41 Å². The third-order valence-corrected chi connectivity index (χ3v) is 2.79. The summed E-state index contributed by atoms with van der Waals surface area (Å²) in [6.07, 6.45) is 0. The molecule has 0 saturated carbocycles. The minimum Gasteiger partial charge on any atom is -0.492 e. The van der Waals surface area contributed by atoms with Crippen LogP contribution in [-0.4, -0.2) is 23.7 Å². The zero-order valence-electron chi connectivity index (χ0n) is 12.1. The Morgan fingerprint density at radius 1 is 1.42 bits per heavy atom. The van der Waals surface area contributed by atoms with Crippen molar-refractivity contribution >= 4 is 5.97 Å². The standard InChI is InChI=1S/C15H23NO3/c1-11(2)16-9-12-6-5-7-13(8-12)19-10-15(3,4)14(17)18/h5-8,11,16H,9-10H2,1-4H3,(H,17,18). The summed E-state index contributed by atoms with van der Waals surface area (Å²) in [6.45, 7) is 8.42. The third-order valence-electron chi connectivity index (χ3n) is 2.79. The number of ether oxygens (including phenoxy) is 1. The van der Waals surface area contributed by atoms with E-state index in [1.54, 1.807) is 13.8 Å². The minimum atomic E-state index is -0.883. The molecule has 2 N–H and O–H groups in total. The smallest absolute Gasteiger partial charge is 0.312 e. The van der Waals surface area contributed by atoms with Crippen molar-refractivity contribution in [1.29, 1.82) is 0 Å². The summed E-state index contributed by atoms with van der Waals surface area (Å²) in [6, 6.07) is 8.14. The van der Waals surface area contributed by atoms with Crippen molar-refractivity contribution in [2.45, 2.75) is 40.3 Å². The summed E-state index contributed by atoms with van der Waals surface area (Å²) in [5, 5.41) is 12.4. The molecule has 106 valence electrons. The van der Waals surface area contributed by atoms with Crippen LogP contribution in [0.4, 0.5) is 0 Å². The largest absolute Gasteiger partial charge is 0.492 e. The molecule has 0 aliphatic heterocycles. The first-order valence-electron chi connectivity index (χ1n) is 6.50. The Hall–Kier alpha value is -1.55. The lowest BCUT2D eigenvalue weighted by molar-refractivity contribution is -0.148. The zero-order chi connectivity index (χ0) is 14.5. The van der Waals surface area contributed by atoms with Crippen LogP contribution in [0.15, 0.2) is 24.3 Å². The van der Waals surface area contributed by atoms with Crippen molar-refractivity contribution < 1.29 is 14.6 Å². The molecule has 1 rings (SSSR count). The highest BCUT2D eigenvalue weighted by Gasteiger charge is 2.28. The SMILES string of the molecule is CC(C)NCc1cccc(OCC(C)(C)C(=O)O)c1. The van der Waals surface area contributed by atoms with E-state index >= 15 is 0 Å². The second-order valence-electron chi connectivity index (χ2n) is 5.66. The first kappa shape index (κ1) is 15.5. The van der Waals surface area contributed by atoms with E-state index in [0.717, 1.165) is 12.1 Å². The van der Waals surface area contributed by atoms with Crippen LogP contribution in [0.5, 0.6) is 5.75 Å². The quantitative estimate of drug-likeness (QED) is 0.795. The lowest BCUT2D eigenvalue weighted by atomic mass is 9.95. The number of carboxylic acid groups (broad SMARTS) is 1. The Morgan fingerprint density at radius 2 is 2.11 bits per heavy atom.